The van der Waals surface area contributed by atoms with Crippen LogP contribution in [0.3, 0.4) is 0 Å². The van der Waals surface area contributed by atoms with Crippen LogP contribution in [0.4, 0.5) is 0 Å². The van der Waals surface area contributed by atoms with Gasteiger partial charge in [0.2, 0.25) is 0 Å². The third-order valence-electron chi connectivity index (χ3n) is 5.43. The first-order chi connectivity index (χ1) is 14.9. The van der Waals surface area contributed by atoms with Crippen LogP contribution >= 0.6 is 0 Å². The predicted molar refractivity (Wildman–Crippen MR) is 127 cm³/mol. The van der Waals surface area contributed by atoms with Gasteiger partial charge in [-0.25, -0.2) is 0 Å². The Bertz CT molecular complexity index is 617. The number of hydrogen-bond donors (Lipinski definition) is 0. The first-order valence-corrected chi connectivity index (χ1v) is 11.9. The summed E-state index contributed by atoms with van der Waals surface area (Å²) in [5.74, 6) is 0.907. The Morgan fingerprint density at radius 1 is 0.633 bits per heavy atom. The van der Waals surface area contributed by atoms with Gasteiger partial charge in [0.15, 0.2) is 0 Å². The summed E-state index contributed by atoms with van der Waals surface area (Å²) in [6.07, 6.45) is 10.6. The van der Waals surface area contributed by atoms with Crippen molar-refractivity contribution in [3.8, 4) is 5.75 Å². The van der Waals surface area contributed by atoms with Crippen LogP contribution in [0.15, 0.2) is 60.7 Å². The largest absolute Gasteiger partial charge is 0.491 e. The molecule has 3 nitrogen and oxygen atoms in total. The number of benzene rings is 2. The summed E-state index contributed by atoms with van der Waals surface area (Å²) in [7, 11) is 0. The highest BCUT2D eigenvalue weighted by atomic mass is 16.5. The topological polar surface area (TPSA) is 21.7 Å². The zero-order chi connectivity index (χ0) is 21.1. The minimum Gasteiger partial charge on any atom is -0.491 e. The standard InChI is InChI=1S/C27H41NO2/c1-2-3-4-5-6-7-14-20-28(21-19-26-15-10-8-11-16-26)22-23-29-24-25-30-27-17-12-9-13-18-27/h8-13,15-18H,2-7,14,19-25H2,1H3. The van der Waals surface area contributed by atoms with Crippen molar-refractivity contribution in [3.63, 3.8) is 0 Å². The van der Waals surface area contributed by atoms with Crippen LogP contribution in [0.5, 0.6) is 5.75 Å². The molecule has 0 bridgehead atoms. The highest BCUT2D eigenvalue weighted by Crippen LogP contribution is 2.09. The molecule has 3 heteroatoms. The molecule has 0 atom stereocenters. The van der Waals surface area contributed by atoms with Crippen LogP contribution in [0.2, 0.25) is 0 Å². The van der Waals surface area contributed by atoms with E-state index in [0.29, 0.717) is 13.2 Å². The molecule has 0 fully saturated rings. The average Bonchev–Trinajstić information content (AvgIpc) is 2.80. The highest BCUT2D eigenvalue weighted by Gasteiger charge is 2.06. The summed E-state index contributed by atoms with van der Waals surface area (Å²) in [6.45, 7) is 7.55. The van der Waals surface area contributed by atoms with Crippen molar-refractivity contribution < 1.29 is 9.47 Å². The fraction of sp³-hybridized carbons (Fsp3) is 0.556. The van der Waals surface area contributed by atoms with Crippen molar-refractivity contribution in [2.45, 2.75) is 58.3 Å². The fourth-order valence-electron chi connectivity index (χ4n) is 3.59. The summed E-state index contributed by atoms with van der Waals surface area (Å²) < 4.78 is 11.5. The molecular weight excluding hydrogens is 370 g/mol. The number of nitrogens with zero attached hydrogens (tertiary/aromatic N) is 1. The van der Waals surface area contributed by atoms with E-state index in [-0.39, 0.29) is 0 Å². The van der Waals surface area contributed by atoms with E-state index in [1.54, 1.807) is 0 Å². The summed E-state index contributed by atoms with van der Waals surface area (Å²) in [4.78, 5) is 2.57. The maximum Gasteiger partial charge on any atom is 0.119 e. The van der Waals surface area contributed by atoms with Crippen molar-refractivity contribution in [2.75, 3.05) is 39.5 Å². The van der Waals surface area contributed by atoms with Crippen molar-refractivity contribution in [1.29, 1.82) is 0 Å². The Labute approximate surface area is 184 Å². The van der Waals surface area contributed by atoms with Gasteiger partial charge in [0.1, 0.15) is 12.4 Å². The maximum atomic E-state index is 5.84. The second-order valence-electron chi connectivity index (χ2n) is 7.97. The highest BCUT2D eigenvalue weighted by molar-refractivity contribution is 5.20. The third-order valence-corrected chi connectivity index (χ3v) is 5.43. The first kappa shape index (κ1) is 24.4. The molecule has 0 amide bonds. The minimum absolute atomic E-state index is 0.603. The van der Waals surface area contributed by atoms with Crippen LogP contribution in [-0.4, -0.2) is 44.4 Å². The molecule has 0 aliphatic heterocycles. The van der Waals surface area contributed by atoms with E-state index < -0.39 is 0 Å². The summed E-state index contributed by atoms with van der Waals surface area (Å²) in [5.41, 5.74) is 1.42. The zero-order valence-corrected chi connectivity index (χ0v) is 18.9. The second-order valence-corrected chi connectivity index (χ2v) is 7.97. The van der Waals surface area contributed by atoms with Crippen molar-refractivity contribution in [3.05, 3.63) is 66.2 Å². The molecule has 0 aromatic heterocycles. The van der Waals surface area contributed by atoms with Crippen LogP contribution in [0.1, 0.15) is 57.4 Å². The molecule has 0 aliphatic carbocycles. The van der Waals surface area contributed by atoms with Crippen LogP contribution in [-0.2, 0) is 11.2 Å². The van der Waals surface area contributed by atoms with Gasteiger partial charge in [-0.2, -0.15) is 0 Å². The van der Waals surface area contributed by atoms with E-state index in [9.17, 15) is 0 Å². The molecule has 2 aromatic rings. The quantitative estimate of drug-likeness (QED) is 0.266. The number of hydrogen-bond acceptors (Lipinski definition) is 3. The number of rotatable bonds is 18. The van der Waals surface area contributed by atoms with Crippen LogP contribution in [0.25, 0.3) is 0 Å². The fourth-order valence-corrected chi connectivity index (χ4v) is 3.59. The SMILES string of the molecule is CCCCCCCCCN(CCOCCOc1ccccc1)CCc1ccccc1. The lowest BCUT2D eigenvalue weighted by Gasteiger charge is -2.22. The first-order valence-electron chi connectivity index (χ1n) is 11.9. The van der Waals surface area contributed by atoms with Gasteiger partial charge >= 0.3 is 0 Å². The molecule has 30 heavy (non-hydrogen) atoms. The van der Waals surface area contributed by atoms with Crippen molar-refractivity contribution >= 4 is 0 Å². The Morgan fingerprint density at radius 2 is 1.30 bits per heavy atom. The Balaban J connectivity index is 1.61. The monoisotopic (exact) mass is 411 g/mol. The molecule has 0 radical (unpaired) electrons. The van der Waals surface area contributed by atoms with E-state index in [1.165, 1.54) is 57.1 Å². The normalized spacial score (nSPS) is 11.1. The molecule has 0 heterocycles. The molecule has 0 saturated heterocycles. The van der Waals surface area contributed by atoms with Gasteiger partial charge in [-0.3, -0.25) is 0 Å². The number of unbranched alkanes of at least 4 members (excludes halogenated alkanes) is 6. The Morgan fingerprint density at radius 3 is 2.03 bits per heavy atom. The predicted octanol–water partition coefficient (Wildman–Crippen LogP) is 6.38. The van der Waals surface area contributed by atoms with E-state index in [0.717, 1.165) is 31.9 Å². The maximum absolute atomic E-state index is 5.84. The number of ether oxygens (including phenoxy) is 2. The average molecular weight is 412 g/mol. The number of para-hydroxylation sites is 1. The summed E-state index contributed by atoms with van der Waals surface area (Å²) in [6, 6.07) is 20.7. The van der Waals surface area contributed by atoms with E-state index in [1.807, 2.05) is 30.3 Å². The second kappa shape index (κ2) is 16.9. The Hall–Kier alpha value is -1.84. The molecule has 2 rings (SSSR count). The lowest BCUT2D eigenvalue weighted by Crippen LogP contribution is -2.31. The molecular formula is C27H41NO2. The molecule has 0 spiro atoms. The van der Waals surface area contributed by atoms with E-state index >= 15 is 0 Å². The smallest absolute Gasteiger partial charge is 0.119 e. The summed E-state index contributed by atoms with van der Waals surface area (Å²) >= 11 is 0. The van der Waals surface area contributed by atoms with E-state index in [4.69, 9.17) is 9.47 Å². The van der Waals surface area contributed by atoms with Gasteiger partial charge in [-0.15, -0.1) is 0 Å². The molecule has 0 N–H and O–H groups in total. The minimum atomic E-state index is 0.603. The molecule has 2 aromatic carbocycles. The van der Waals surface area contributed by atoms with Gasteiger partial charge in [-0.1, -0.05) is 94.0 Å². The van der Waals surface area contributed by atoms with Gasteiger partial charge in [0.25, 0.3) is 0 Å². The van der Waals surface area contributed by atoms with Crippen molar-refractivity contribution in [2.24, 2.45) is 0 Å². The molecule has 166 valence electrons. The zero-order valence-electron chi connectivity index (χ0n) is 18.9. The Kier molecular flexibility index (Phi) is 13.8. The van der Waals surface area contributed by atoms with Crippen LogP contribution in [0, 0.1) is 0 Å². The van der Waals surface area contributed by atoms with Gasteiger partial charge in [0.05, 0.1) is 13.2 Å². The molecule has 0 saturated carbocycles. The molecule has 0 unspecified atom stereocenters. The third kappa shape index (κ3) is 12.0. The molecule has 0 aliphatic rings. The summed E-state index contributed by atoms with van der Waals surface area (Å²) in [5, 5.41) is 0. The van der Waals surface area contributed by atoms with E-state index in [2.05, 4.69) is 42.2 Å². The van der Waals surface area contributed by atoms with Gasteiger partial charge < -0.3 is 14.4 Å². The van der Waals surface area contributed by atoms with Gasteiger partial charge in [0, 0.05) is 13.1 Å². The van der Waals surface area contributed by atoms with Crippen LogP contribution < -0.4 is 4.74 Å². The lowest BCUT2D eigenvalue weighted by atomic mass is 10.1. The van der Waals surface area contributed by atoms with Crippen molar-refractivity contribution in [1.82, 2.24) is 4.90 Å². The van der Waals surface area contributed by atoms with Gasteiger partial charge in [-0.05, 0) is 37.1 Å². The lowest BCUT2D eigenvalue weighted by molar-refractivity contribution is 0.0793.